The second-order valence-electron chi connectivity index (χ2n) is 5.79. The molecule has 1 fully saturated rings. The molecule has 0 unspecified atom stereocenters. The van der Waals surface area contributed by atoms with Crippen molar-refractivity contribution < 1.29 is 18.7 Å². The van der Waals surface area contributed by atoms with E-state index in [2.05, 4.69) is 4.98 Å². The van der Waals surface area contributed by atoms with Gasteiger partial charge in [-0.15, -0.1) is 0 Å². The van der Waals surface area contributed by atoms with Crippen molar-refractivity contribution in [1.82, 2.24) is 9.88 Å². The maximum Gasteiger partial charge on any atom is 0.276 e. The van der Waals surface area contributed by atoms with Crippen molar-refractivity contribution in [3.63, 3.8) is 0 Å². The van der Waals surface area contributed by atoms with E-state index in [1.807, 2.05) is 6.92 Å². The smallest absolute Gasteiger partial charge is 0.276 e. The average molecular weight is 318 g/mol. The molecular formula is C17H19FN2O3. The Balaban J connectivity index is 1.85. The molecule has 1 saturated heterocycles. The van der Waals surface area contributed by atoms with E-state index in [1.165, 1.54) is 23.3 Å². The number of hydrogen-bond donors (Lipinski definition) is 1. The number of aromatic nitrogens is 1. The van der Waals surface area contributed by atoms with Crippen molar-refractivity contribution in [2.24, 2.45) is 0 Å². The fraction of sp³-hybridized carbons (Fsp3) is 0.412. The molecule has 1 N–H and O–H groups in total. The molecule has 0 spiro atoms. The van der Waals surface area contributed by atoms with Gasteiger partial charge in [-0.05, 0) is 30.5 Å². The van der Waals surface area contributed by atoms with Gasteiger partial charge in [0.15, 0.2) is 11.6 Å². The lowest BCUT2D eigenvalue weighted by molar-refractivity contribution is 0.0709. The first kappa shape index (κ1) is 15.7. The van der Waals surface area contributed by atoms with Gasteiger partial charge in [-0.2, -0.15) is 0 Å². The number of amides is 1. The van der Waals surface area contributed by atoms with E-state index in [-0.39, 0.29) is 30.0 Å². The summed E-state index contributed by atoms with van der Waals surface area (Å²) in [5.41, 5.74) is 0.899. The maximum absolute atomic E-state index is 13.5. The number of carbonyl (C=O) groups is 1. The first-order chi connectivity index (χ1) is 11.1. The molecular weight excluding hydrogens is 299 g/mol. The fourth-order valence-electron chi connectivity index (χ4n) is 2.95. The zero-order chi connectivity index (χ0) is 16.4. The van der Waals surface area contributed by atoms with Crippen molar-refractivity contribution >= 4 is 5.91 Å². The number of carbonyl (C=O) groups excluding carboxylic acids is 1. The first-order valence-corrected chi connectivity index (χ1v) is 7.77. The third kappa shape index (κ3) is 3.27. The van der Waals surface area contributed by atoms with Crippen LogP contribution in [-0.4, -0.2) is 33.5 Å². The van der Waals surface area contributed by atoms with Gasteiger partial charge in [0.25, 0.3) is 5.91 Å². The monoisotopic (exact) mass is 318 g/mol. The van der Waals surface area contributed by atoms with Gasteiger partial charge in [-0.3, -0.25) is 4.79 Å². The van der Waals surface area contributed by atoms with Crippen molar-refractivity contribution in [3.05, 3.63) is 53.5 Å². The molecule has 0 saturated carbocycles. The lowest BCUT2D eigenvalue weighted by atomic mass is 10.0. The highest BCUT2D eigenvalue weighted by Crippen LogP contribution is 2.33. The van der Waals surface area contributed by atoms with Gasteiger partial charge in [0, 0.05) is 13.0 Å². The molecule has 2 aromatic rings. The van der Waals surface area contributed by atoms with E-state index < -0.39 is 6.10 Å². The van der Waals surface area contributed by atoms with Crippen LogP contribution in [0.15, 0.2) is 34.9 Å². The molecule has 1 aromatic heterocycles. The third-order valence-electron chi connectivity index (χ3n) is 4.01. The van der Waals surface area contributed by atoms with E-state index in [0.29, 0.717) is 24.3 Å². The molecule has 3 rings (SSSR count). The number of aliphatic hydroxyl groups excluding tert-OH is 1. The summed E-state index contributed by atoms with van der Waals surface area (Å²) in [7, 11) is 0. The molecule has 2 atom stereocenters. The number of β-amino-alcohol motifs (C(OH)–C–C–N with tert-alkyl or cyclic N) is 1. The van der Waals surface area contributed by atoms with Crippen LogP contribution in [0, 0.1) is 5.82 Å². The molecule has 1 amide bonds. The Bertz CT molecular complexity index is 701. The second-order valence-corrected chi connectivity index (χ2v) is 5.79. The number of benzene rings is 1. The molecule has 1 aliphatic rings. The second kappa shape index (κ2) is 6.50. The number of likely N-dealkylation sites (tertiary alicyclic amines) is 1. The van der Waals surface area contributed by atoms with Gasteiger partial charge >= 0.3 is 0 Å². The van der Waals surface area contributed by atoms with E-state index in [0.717, 1.165) is 6.42 Å². The highest BCUT2D eigenvalue weighted by molar-refractivity contribution is 5.92. The van der Waals surface area contributed by atoms with Gasteiger partial charge < -0.3 is 14.4 Å². The quantitative estimate of drug-likeness (QED) is 0.941. The number of aryl methyl sites for hydroxylation is 1. The standard InChI is InChI=1S/C17H19FN2O3/c1-2-4-16-19-14(10-23-16)17(22)20-9-13(21)8-15(20)11-5-3-6-12(18)7-11/h3,5-7,10,13,15,21H,2,4,8-9H2,1H3/t13-,15-/m0/s1. The molecule has 2 heterocycles. The van der Waals surface area contributed by atoms with Crippen molar-refractivity contribution in [3.8, 4) is 0 Å². The summed E-state index contributed by atoms with van der Waals surface area (Å²) in [6.07, 6.45) is 2.65. The van der Waals surface area contributed by atoms with Crippen LogP contribution in [0.3, 0.4) is 0 Å². The van der Waals surface area contributed by atoms with Crippen molar-refractivity contribution in [1.29, 1.82) is 0 Å². The van der Waals surface area contributed by atoms with Gasteiger partial charge in [-0.1, -0.05) is 19.1 Å². The highest BCUT2D eigenvalue weighted by atomic mass is 19.1. The molecule has 1 aliphatic heterocycles. The topological polar surface area (TPSA) is 66.6 Å². The predicted octanol–water partition coefficient (Wildman–Crippen LogP) is 2.71. The zero-order valence-corrected chi connectivity index (χ0v) is 12.9. The van der Waals surface area contributed by atoms with Gasteiger partial charge in [0.2, 0.25) is 0 Å². The Kier molecular flexibility index (Phi) is 4.43. The fourth-order valence-corrected chi connectivity index (χ4v) is 2.95. The van der Waals surface area contributed by atoms with Crippen LogP contribution in [0.2, 0.25) is 0 Å². The number of aliphatic hydroxyl groups is 1. The minimum absolute atomic E-state index is 0.204. The molecule has 6 heteroatoms. The van der Waals surface area contributed by atoms with E-state index in [4.69, 9.17) is 4.42 Å². The Morgan fingerprint density at radius 3 is 3.09 bits per heavy atom. The SMILES string of the molecule is CCCc1nc(C(=O)N2C[C@@H](O)C[C@H]2c2cccc(F)c2)co1. The summed E-state index contributed by atoms with van der Waals surface area (Å²) in [6.45, 7) is 2.21. The predicted molar refractivity (Wildman–Crippen MR) is 81.3 cm³/mol. The van der Waals surface area contributed by atoms with Crippen LogP contribution >= 0.6 is 0 Å². The highest BCUT2D eigenvalue weighted by Gasteiger charge is 2.36. The first-order valence-electron chi connectivity index (χ1n) is 7.77. The number of hydrogen-bond acceptors (Lipinski definition) is 4. The van der Waals surface area contributed by atoms with E-state index in [1.54, 1.807) is 12.1 Å². The van der Waals surface area contributed by atoms with Crippen LogP contribution in [0.4, 0.5) is 4.39 Å². The van der Waals surface area contributed by atoms with E-state index >= 15 is 0 Å². The number of nitrogens with zero attached hydrogens (tertiary/aromatic N) is 2. The largest absolute Gasteiger partial charge is 0.448 e. The molecule has 0 radical (unpaired) electrons. The molecule has 0 aliphatic carbocycles. The summed E-state index contributed by atoms with van der Waals surface area (Å²) in [6, 6.07) is 5.76. The van der Waals surface area contributed by atoms with Gasteiger partial charge in [0.05, 0.1) is 12.1 Å². The summed E-state index contributed by atoms with van der Waals surface area (Å²) < 4.78 is 18.8. The number of oxazole rings is 1. The summed E-state index contributed by atoms with van der Waals surface area (Å²) in [5.74, 6) is -0.136. The molecule has 0 bridgehead atoms. The van der Waals surface area contributed by atoms with Crippen LogP contribution in [0.25, 0.3) is 0 Å². The zero-order valence-electron chi connectivity index (χ0n) is 12.9. The lowest BCUT2D eigenvalue weighted by Gasteiger charge is -2.23. The van der Waals surface area contributed by atoms with Gasteiger partial charge in [-0.25, -0.2) is 9.37 Å². The Morgan fingerprint density at radius 2 is 2.35 bits per heavy atom. The number of halogens is 1. The average Bonchev–Trinajstić information content (AvgIpc) is 3.14. The third-order valence-corrected chi connectivity index (χ3v) is 4.01. The molecule has 1 aromatic carbocycles. The summed E-state index contributed by atoms with van der Waals surface area (Å²) in [5, 5.41) is 9.95. The normalized spacial score (nSPS) is 20.9. The minimum atomic E-state index is -0.630. The summed E-state index contributed by atoms with van der Waals surface area (Å²) >= 11 is 0. The van der Waals surface area contributed by atoms with Crippen molar-refractivity contribution in [2.75, 3.05) is 6.54 Å². The molecule has 23 heavy (non-hydrogen) atoms. The Labute approximate surface area is 133 Å². The summed E-state index contributed by atoms with van der Waals surface area (Å²) in [4.78, 5) is 18.4. The Hall–Kier alpha value is -2.21. The Morgan fingerprint density at radius 1 is 1.52 bits per heavy atom. The lowest BCUT2D eigenvalue weighted by Crippen LogP contribution is -2.32. The van der Waals surface area contributed by atoms with Crippen LogP contribution in [0.1, 0.15) is 47.7 Å². The van der Waals surface area contributed by atoms with Crippen LogP contribution in [-0.2, 0) is 6.42 Å². The van der Waals surface area contributed by atoms with E-state index in [9.17, 15) is 14.3 Å². The van der Waals surface area contributed by atoms with Crippen LogP contribution in [0.5, 0.6) is 0 Å². The van der Waals surface area contributed by atoms with Crippen LogP contribution < -0.4 is 0 Å². The van der Waals surface area contributed by atoms with Crippen molar-refractivity contribution in [2.45, 2.75) is 38.3 Å². The molecule has 122 valence electrons. The molecule has 5 nitrogen and oxygen atoms in total. The number of rotatable bonds is 4. The minimum Gasteiger partial charge on any atom is -0.448 e. The van der Waals surface area contributed by atoms with Gasteiger partial charge in [0.1, 0.15) is 12.1 Å². The maximum atomic E-state index is 13.5.